The molecule has 0 aromatic carbocycles. The molecule has 2 N–H and O–H groups in total. The van der Waals surface area contributed by atoms with E-state index in [4.69, 9.17) is 18.9 Å². The van der Waals surface area contributed by atoms with E-state index in [0.717, 1.165) is 25.7 Å². The smallest absolute Gasteiger partial charge is 0.316 e. The predicted octanol–water partition coefficient (Wildman–Crippen LogP) is 4.53. The molecule has 10 atom stereocenters. The van der Waals surface area contributed by atoms with Crippen molar-refractivity contribution in [3.05, 3.63) is 47.1 Å². The Bertz CT molecular complexity index is 1040. The van der Waals surface area contributed by atoms with Gasteiger partial charge in [0.15, 0.2) is 5.79 Å². The summed E-state index contributed by atoms with van der Waals surface area (Å²) in [6.45, 7) is 10.5. The van der Waals surface area contributed by atoms with Crippen LogP contribution in [0.4, 0.5) is 0 Å². The topological polar surface area (TPSA) is 94.5 Å². The van der Waals surface area contributed by atoms with Crippen LogP contribution in [0.25, 0.3) is 0 Å². The van der Waals surface area contributed by atoms with Crippen LogP contribution in [0.5, 0.6) is 0 Å². The first kappa shape index (κ1) is 27.8. The minimum Gasteiger partial charge on any atom is -0.462 e. The van der Waals surface area contributed by atoms with E-state index in [2.05, 4.69) is 39.8 Å². The summed E-state index contributed by atoms with van der Waals surface area (Å²) < 4.78 is 25.2. The number of carbonyl (C=O) groups is 1. The van der Waals surface area contributed by atoms with Gasteiger partial charge in [-0.25, -0.2) is 0 Å². The Labute approximate surface area is 226 Å². The first-order chi connectivity index (χ1) is 18.0. The Balaban J connectivity index is 1.51. The molecule has 0 amide bonds. The normalized spacial score (nSPS) is 46.1. The molecule has 3 saturated heterocycles. The zero-order valence-electron chi connectivity index (χ0n) is 23.4. The molecule has 5 aliphatic rings. The highest BCUT2D eigenvalue weighted by molar-refractivity contribution is 5.78. The lowest BCUT2D eigenvalue weighted by molar-refractivity contribution is -0.332. The maximum atomic E-state index is 13.8. The molecular weight excluding hydrogens is 484 g/mol. The molecule has 0 aromatic heterocycles. The highest BCUT2D eigenvalue weighted by atomic mass is 16.7. The number of hydrogen-bond acceptors (Lipinski definition) is 7. The van der Waals surface area contributed by atoms with E-state index in [1.165, 1.54) is 5.57 Å². The molecule has 1 aliphatic carbocycles. The molecule has 0 radical (unpaired) electrons. The van der Waals surface area contributed by atoms with E-state index in [1.54, 1.807) is 13.0 Å². The van der Waals surface area contributed by atoms with Crippen LogP contribution < -0.4 is 0 Å². The second-order valence-electron chi connectivity index (χ2n) is 12.4. The number of fused-ring (bicyclic) bond motifs is 2. The summed E-state index contributed by atoms with van der Waals surface area (Å²) in [7, 11) is 0. The second-order valence-corrected chi connectivity index (χ2v) is 12.4. The first-order valence-corrected chi connectivity index (χ1v) is 14.3. The molecule has 2 bridgehead atoms. The van der Waals surface area contributed by atoms with Gasteiger partial charge in [-0.05, 0) is 63.0 Å². The van der Waals surface area contributed by atoms with Gasteiger partial charge in [-0.3, -0.25) is 4.79 Å². The lowest BCUT2D eigenvalue weighted by atomic mass is 9.71. The zero-order chi connectivity index (χ0) is 27.2. The van der Waals surface area contributed by atoms with E-state index < -0.39 is 41.6 Å². The number of allylic oxidation sites excluding steroid dienone is 4. The summed E-state index contributed by atoms with van der Waals surface area (Å²) in [5.41, 5.74) is 0.783. The largest absolute Gasteiger partial charge is 0.462 e. The van der Waals surface area contributed by atoms with Gasteiger partial charge in [0, 0.05) is 19.3 Å². The van der Waals surface area contributed by atoms with Crippen molar-refractivity contribution in [1.29, 1.82) is 0 Å². The van der Waals surface area contributed by atoms with Gasteiger partial charge in [-0.1, -0.05) is 49.8 Å². The number of carbonyl (C=O) groups excluding carboxylic acids is 1. The zero-order valence-corrected chi connectivity index (χ0v) is 23.4. The van der Waals surface area contributed by atoms with E-state index in [-0.39, 0.29) is 18.8 Å². The summed E-state index contributed by atoms with van der Waals surface area (Å²) >= 11 is 0. The van der Waals surface area contributed by atoms with Crippen LogP contribution in [0, 0.1) is 17.8 Å². The third kappa shape index (κ3) is 5.20. The Hall–Kier alpha value is -1.77. The average Bonchev–Trinajstić information content (AvgIpc) is 3.19. The van der Waals surface area contributed by atoms with E-state index in [0.29, 0.717) is 35.8 Å². The Kier molecular flexibility index (Phi) is 7.79. The van der Waals surface area contributed by atoms with Crippen molar-refractivity contribution in [2.45, 2.75) is 115 Å². The van der Waals surface area contributed by atoms with Crippen LogP contribution in [0.3, 0.4) is 0 Å². The molecule has 4 aliphatic heterocycles. The fourth-order valence-electron chi connectivity index (χ4n) is 6.85. The van der Waals surface area contributed by atoms with Crippen LogP contribution >= 0.6 is 0 Å². The summed E-state index contributed by atoms with van der Waals surface area (Å²) in [6, 6.07) is 0. The van der Waals surface area contributed by atoms with E-state index in [1.807, 2.05) is 12.2 Å². The van der Waals surface area contributed by atoms with Crippen molar-refractivity contribution in [2.24, 2.45) is 17.8 Å². The summed E-state index contributed by atoms with van der Waals surface area (Å²) in [4.78, 5) is 13.8. The molecule has 7 nitrogen and oxygen atoms in total. The molecule has 7 heteroatoms. The molecule has 0 aromatic rings. The van der Waals surface area contributed by atoms with Crippen molar-refractivity contribution < 1.29 is 34.0 Å². The van der Waals surface area contributed by atoms with Gasteiger partial charge < -0.3 is 29.2 Å². The van der Waals surface area contributed by atoms with Gasteiger partial charge in [-0.15, -0.1) is 0 Å². The fraction of sp³-hybridized carbons (Fsp3) is 0.710. The number of aliphatic hydroxyl groups is 2. The van der Waals surface area contributed by atoms with E-state index in [9.17, 15) is 15.0 Å². The fourth-order valence-corrected chi connectivity index (χ4v) is 6.85. The minimum absolute atomic E-state index is 0.0526. The van der Waals surface area contributed by atoms with Gasteiger partial charge >= 0.3 is 5.97 Å². The lowest BCUT2D eigenvalue weighted by Gasteiger charge is -2.49. The van der Waals surface area contributed by atoms with Gasteiger partial charge in [0.25, 0.3) is 0 Å². The van der Waals surface area contributed by atoms with Gasteiger partial charge in [0.2, 0.25) is 0 Å². The van der Waals surface area contributed by atoms with Crippen LogP contribution in [-0.2, 0) is 23.7 Å². The van der Waals surface area contributed by atoms with Gasteiger partial charge in [0.1, 0.15) is 29.8 Å². The molecule has 1 spiro atoms. The molecular formula is C31H44O7. The lowest BCUT2D eigenvalue weighted by Crippen LogP contribution is -2.58. The Morgan fingerprint density at radius 3 is 2.66 bits per heavy atom. The molecule has 210 valence electrons. The molecule has 5 rings (SSSR count). The Morgan fingerprint density at radius 1 is 1.11 bits per heavy atom. The minimum atomic E-state index is -1.68. The standard InChI is InChI=1S/C31H44O7/c1-18-7-6-8-23-17-35-28-27(32)21(4)14-26(31(23,28)34)29(33)36-25-15-24(10-9-19(2)13-18)38-30(16-25)12-11-20(3)22(5)37-30/h6-9,14,18,20,22,24-28,32,34H,10-13,15-17H2,1-5H3/t18-,20-,22+,24+,25-,26-,27+,28+,30-,31+/m0/s1. The summed E-state index contributed by atoms with van der Waals surface area (Å²) in [5.74, 6) is -1.53. The van der Waals surface area contributed by atoms with Gasteiger partial charge in [-0.2, -0.15) is 0 Å². The van der Waals surface area contributed by atoms with Crippen molar-refractivity contribution in [2.75, 3.05) is 6.61 Å². The molecule has 0 unspecified atom stereocenters. The average molecular weight is 529 g/mol. The van der Waals surface area contributed by atoms with Crippen LogP contribution in [0.15, 0.2) is 47.1 Å². The number of hydrogen-bond donors (Lipinski definition) is 2. The van der Waals surface area contributed by atoms with Crippen LogP contribution in [0.2, 0.25) is 0 Å². The Morgan fingerprint density at radius 2 is 1.89 bits per heavy atom. The van der Waals surface area contributed by atoms with Crippen molar-refractivity contribution >= 4 is 5.97 Å². The number of aliphatic hydroxyl groups excluding tert-OH is 1. The van der Waals surface area contributed by atoms with E-state index >= 15 is 0 Å². The molecule has 38 heavy (non-hydrogen) atoms. The van der Waals surface area contributed by atoms with Gasteiger partial charge in [0.05, 0.1) is 18.8 Å². The predicted molar refractivity (Wildman–Crippen MR) is 143 cm³/mol. The van der Waals surface area contributed by atoms with Crippen molar-refractivity contribution in [3.63, 3.8) is 0 Å². The number of esters is 1. The third-order valence-electron chi connectivity index (χ3n) is 9.30. The monoisotopic (exact) mass is 528 g/mol. The highest BCUT2D eigenvalue weighted by Crippen LogP contribution is 2.47. The summed E-state index contributed by atoms with van der Waals surface area (Å²) in [6.07, 6.45) is 11.8. The maximum Gasteiger partial charge on any atom is 0.316 e. The molecule has 0 saturated carbocycles. The van der Waals surface area contributed by atoms with Crippen LogP contribution in [-0.4, -0.2) is 64.7 Å². The first-order valence-electron chi connectivity index (χ1n) is 14.3. The van der Waals surface area contributed by atoms with Crippen molar-refractivity contribution in [3.8, 4) is 0 Å². The number of ether oxygens (including phenoxy) is 4. The second kappa shape index (κ2) is 10.7. The third-order valence-corrected chi connectivity index (χ3v) is 9.30. The molecule has 3 fully saturated rings. The van der Waals surface area contributed by atoms with Crippen molar-refractivity contribution in [1.82, 2.24) is 0 Å². The number of rotatable bonds is 0. The molecule has 4 heterocycles. The quantitative estimate of drug-likeness (QED) is 0.352. The SMILES string of the molecule is CC1=CC[C@@H]2C[C@@H](C[C@]3(CC[C@H](C)[C@@H](C)O3)O2)OC(=O)[C@@H]2C=C(C)[C@@H](O)[C@H]3OCC(=CC=C[C@H](C)C1)[C@]32O. The van der Waals surface area contributed by atoms with Crippen LogP contribution in [0.1, 0.15) is 73.1 Å². The maximum absolute atomic E-state index is 13.8. The highest BCUT2D eigenvalue weighted by Gasteiger charge is 2.60. The summed E-state index contributed by atoms with van der Waals surface area (Å²) in [5, 5.41) is 22.8.